The normalized spacial score (nSPS) is 32.8. The predicted octanol–water partition coefficient (Wildman–Crippen LogP) is -0.0360. The van der Waals surface area contributed by atoms with Crippen LogP contribution in [0.5, 0.6) is 5.75 Å². The molecule has 1 fully saturated rings. The van der Waals surface area contributed by atoms with Gasteiger partial charge >= 0.3 is 0 Å². The maximum atomic E-state index is 13.6. The number of fused-ring (bicyclic) bond motifs is 3. The fraction of sp³-hybridized carbons (Fsp3) is 0.381. The van der Waals surface area contributed by atoms with Crippen LogP contribution < -0.4 is 5.73 Å². The molecule has 0 unspecified atom stereocenters. The number of aliphatic hydroxyl groups excluding tert-OH is 2. The molecule has 6 N–H and O–H groups in total. The Morgan fingerprint density at radius 2 is 2.00 bits per heavy atom. The second-order valence-corrected chi connectivity index (χ2v) is 7.92. The van der Waals surface area contributed by atoms with E-state index in [1.165, 1.54) is 6.07 Å². The smallest absolute Gasteiger partial charge is 0.255 e. The zero-order chi connectivity index (χ0) is 24.6. The summed E-state index contributed by atoms with van der Waals surface area (Å²) in [5.74, 6) is -8.11. The lowest BCUT2D eigenvalue weighted by Crippen LogP contribution is -2.65. The summed E-state index contributed by atoms with van der Waals surface area (Å²) in [5.41, 5.74) is 1.51. The molecule has 1 saturated carbocycles. The minimum absolute atomic E-state index is 0.000731. The Morgan fingerprint density at radius 1 is 1.30 bits per heavy atom. The number of aromatic hydroxyl groups is 1. The number of carbonyl (C=O) groups excluding carboxylic acids is 3. The minimum atomic E-state index is -2.88. The number of nitrogens with zero attached hydrogens (tertiary/aromatic N) is 1. The lowest BCUT2D eigenvalue weighted by molar-refractivity contribution is -0.153. The van der Waals surface area contributed by atoms with Crippen LogP contribution in [0.2, 0.25) is 0 Å². The molecule has 0 aliphatic heterocycles. The highest BCUT2D eigenvalue weighted by Crippen LogP contribution is 2.52. The van der Waals surface area contributed by atoms with Crippen molar-refractivity contribution in [1.82, 2.24) is 4.90 Å². The Hall–Kier alpha value is -3.17. The molecule has 30 heavy (non-hydrogen) atoms. The van der Waals surface area contributed by atoms with Gasteiger partial charge < -0.3 is 26.2 Å². The van der Waals surface area contributed by atoms with Gasteiger partial charge in [0.1, 0.15) is 22.8 Å². The zero-order valence-corrected chi connectivity index (χ0v) is 15.9. The molecule has 4 rings (SSSR count). The molecule has 3 aliphatic carbocycles. The number of amides is 1. The Bertz CT molecular complexity index is 1170. The molecule has 0 heterocycles. The molecule has 1 amide bonds. The molecule has 9 heteroatoms. The number of phenols is 1. The third-order valence-corrected chi connectivity index (χ3v) is 6.32. The SMILES string of the molecule is [2H][13C]([2H])([2H])N(C)[C@@H]1C(=O)C(C(N)=O)=C(O)[C@@]2(O)C(=O)C3=C(O)c4c(O)cccc4C[C@H]3C[C@@H]12. The van der Waals surface area contributed by atoms with Gasteiger partial charge in [-0.15, -0.1) is 0 Å². The highest BCUT2D eigenvalue weighted by Gasteiger charge is 2.64. The van der Waals surface area contributed by atoms with Crippen LogP contribution in [0.3, 0.4) is 0 Å². The van der Waals surface area contributed by atoms with Gasteiger partial charge in [0.2, 0.25) is 5.78 Å². The standard InChI is InChI=1S/C21H22N2O7/c1-23(2)15-10-7-9-6-8-4-3-5-11(24)12(8)16(25)13(9)18(27)21(10,30)19(28)14(17(15)26)20(22)29/h3-5,9-10,15,24-25,28,30H,6-7H2,1-2H3,(H2,22,29)/t9-,10-,15-,21-/m0/s1/i1+1D3. The molecule has 158 valence electrons. The molecule has 9 nitrogen and oxygen atoms in total. The van der Waals surface area contributed by atoms with Gasteiger partial charge in [-0.3, -0.25) is 19.3 Å². The van der Waals surface area contributed by atoms with Crippen molar-refractivity contribution in [2.75, 3.05) is 14.0 Å². The Labute approximate surface area is 175 Å². The van der Waals surface area contributed by atoms with Gasteiger partial charge in [0, 0.05) is 15.6 Å². The fourth-order valence-electron chi connectivity index (χ4n) is 5.03. The van der Waals surface area contributed by atoms with Gasteiger partial charge in [0.25, 0.3) is 5.91 Å². The van der Waals surface area contributed by atoms with E-state index in [1.807, 2.05) is 0 Å². The van der Waals surface area contributed by atoms with E-state index in [0.717, 1.165) is 7.05 Å². The second kappa shape index (κ2) is 6.41. The van der Waals surface area contributed by atoms with E-state index in [-0.39, 0.29) is 29.7 Å². The number of aliphatic hydroxyl groups is 3. The van der Waals surface area contributed by atoms with E-state index in [0.29, 0.717) is 10.5 Å². The van der Waals surface area contributed by atoms with Crippen LogP contribution in [-0.2, 0) is 20.8 Å². The van der Waals surface area contributed by atoms with Gasteiger partial charge in [0.15, 0.2) is 11.4 Å². The number of phenolic OH excluding ortho intramolecular Hbond substituents is 1. The van der Waals surface area contributed by atoms with Crippen LogP contribution in [0, 0.1) is 11.8 Å². The van der Waals surface area contributed by atoms with Crippen molar-refractivity contribution in [3.8, 4) is 5.75 Å². The molecule has 0 aromatic heterocycles. The summed E-state index contributed by atoms with van der Waals surface area (Å²) in [5, 5.41) is 43.3. The van der Waals surface area contributed by atoms with Crippen molar-refractivity contribution >= 4 is 23.2 Å². The first-order chi connectivity index (χ1) is 15.2. The quantitative estimate of drug-likeness (QED) is 0.330. The van der Waals surface area contributed by atoms with Crippen molar-refractivity contribution in [1.29, 1.82) is 0 Å². The monoisotopic (exact) mass is 418 g/mol. The molecule has 4 atom stereocenters. The summed E-state index contributed by atoms with van der Waals surface area (Å²) >= 11 is 0. The van der Waals surface area contributed by atoms with Gasteiger partial charge in [-0.2, -0.15) is 0 Å². The first-order valence-electron chi connectivity index (χ1n) is 10.7. The van der Waals surface area contributed by atoms with Crippen LogP contribution in [0.1, 0.15) is 21.7 Å². The van der Waals surface area contributed by atoms with E-state index in [2.05, 4.69) is 0 Å². The molecule has 1 aromatic rings. The van der Waals surface area contributed by atoms with Crippen molar-refractivity contribution in [2.45, 2.75) is 24.5 Å². The molecular weight excluding hydrogens is 393 g/mol. The lowest BCUT2D eigenvalue weighted by atomic mass is 9.57. The highest BCUT2D eigenvalue weighted by molar-refractivity contribution is 6.24. The number of primary amides is 1. The van der Waals surface area contributed by atoms with Crippen LogP contribution in [-0.4, -0.2) is 68.5 Å². The summed E-state index contributed by atoms with van der Waals surface area (Å²) in [6.45, 7) is -2.84. The zero-order valence-electron chi connectivity index (χ0n) is 18.9. The molecule has 0 bridgehead atoms. The van der Waals surface area contributed by atoms with Crippen molar-refractivity contribution in [3.63, 3.8) is 0 Å². The molecule has 1 aromatic carbocycles. The number of hydrogen-bond donors (Lipinski definition) is 5. The summed E-state index contributed by atoms with van der Waals surface area (Å²) in [6.07, 6.45) is -0.0311. The Balaban J connectivity index is 1.98. The second-order valence-electron chi connectivity index (χ2n) is 7.92. The fourth-order valence-corrected chi connectivity index (χ4v) is 5.03. The number of likely N-dealkylation sites (N-methyl/N-ethyl adjacent to an activating group) is 1. The molecule has 3 aliphatic rings. The summed E-state index contributed by atoms with van der Waals surface area (Å²) < 4.78 is 23.1. The van der Waals surface area contributed by atoms with Crippen LogP contribution in [0.25, 0.3) is 5.76 Å². The van der Waals surface area contributed by atoms with Gasteiger partial charge in [-0.25, -0.2) is 0 Å². The number of carbonyl (C=O) groups is 3. The average Bonchev–Trinajstić information content (AvgIpc) is 2.69. The van der Waals surface area contributed by atoms with Crippen molar-refractivity contribution < 1.29 is 38.9 Å². The van der Waals surface area contributed by atoms with Crippen molar-refractivity contribution in [3.05, 3.63) is 46.2 Å². The summed E-state index contributed by atoms with van der Waals surface area (Å²) in [4.78, 5) is 39.3. The van der Waals surface area contributed by atoms with E-state index < -0.39 is 65.0 Å². The molecule has 0 spiro atoms. The lowest BCUT2D eigenvalue weighted by Gasteiger charge is -2.50. The largest absolute Gasteiger partial charge is 0.508 e. The van der Waals surface area contributed by atoms with Crippen LogP contribution in [0.4, 0.5) is 0 Å². The molecular formula is C21H22N2O7. The third kappa shape index (κ3) is 2.39. The number of nitrogens with two attached hydrogens (primary N) is 1. The van der Waals surface area contributed by atoms with Crippen molar-refractivity contribution in [2.24, 2.45) is 17.6 Å². The number of rotatable bonds is 2. The number of benzene rings is 1. The van der Waals surface area contributed by atoms with Gasteiger partial charge in [-0.05, 0) is 44.4 Å². The van der Waals surface area contributed by atoms with Gasteiger partial charge in [0.05, 0.1) is 11.6 Å². The van der Waals surface area contributed by atoms with Crippen LogP contribution >= 0.6 is 0 Å². The first-order valence-corrected chi connectivity index (χ1v) is 9.25. The van der Waals surface area contributed by atoms with E-state index in [9.17, 15) is 34.8 Å². The van der Waals surface area contributed by atoms with E-state index >= 15 is 0 Å². The number of Topliss-reactive ketones (excluding diaryl/α,β-unsaturated/α-hetero) is 2. The first kappa shape index (κ1) is 16.6. The summed E-state index contributed by atoms with van der Waals surface area (Å²) in [7, 11) is 1.08. The highest BCUT2D eigenvalue weighted by atomic mass is 16.3. The average molecular weight is 418 g/mol. The predicted molar refractivity (Wildman–Crippen MR) is 104 cm³/mol. The van der Waals surface area contributed by atoms with Gasteiger partial charge in [-0.1, -0.05) is 12.1 Å². The van der Waals surface area contributed by atoms with Crippen LogP contribution in [0.15, 0.2) is 35.1 Å². The summed E-state index contributed by atoms with van der Waals surface area (Å²) in [6, 6.07) is 2.81. The third-order valence-electron chi connectivity index (χ3n) is 6.32. The number of hydrogen-bond acceptors (Lipinski definition) is 8. The maximum absolute atomic E-state index is 13.6. The Kier molecular flexibility index (Phi) is 3.55. The van der Waals surface area contributed by atoms with E-state index in [1.54, 1.807) is 12.1 Å². The topological polar surface area (TPSA) is 161 Å². The van der Waals surface area contributed by atoms with E-state index in [4.69, 9.17) is 9.85 Å². The molecule has 0 saturated heterocycles. The Morgan fingerprint density at radius 3 is 2.63 bits per heavy atom. The molecule has 0 radical (unpaired) electrons. The minimum Gasteiger partial charge on any atom is -0.508 e. The number of ketones is 2. The maximum Gasteiger partial charge on any atom is 0.255 e.